The van der Waals surface area contributed by atoms with Crippen LogP contribution in [0.4, 0.5) is 0 Å². The van der Waals surface area contributed by atoms with Gasteiger partial charge >= 0.3 is 29.6 Å². The van der Waals surface area contributed by atoms with Crippen LogP contribution in [0.3, 0.4) is 0 Å². The summed E-state index contributed by atoms with van der Waals surface area (Å²) in [4.78, 5) is 26.6. The quantitative estimate of drug-likeness (QED) is 0.498. The van der Waals surface area contributed by atoms with Crippen LogP contribution in [0.25, 0.3) is 10.9 Å². The Labute approximate surface area is 162 Å². The molecule has 0 bridgehead atoms. The van der Waals surface area contributed by atoms with Gasteiger partial charge in [0.1, 0.15) is 0 Å². The summed E-state index contributed by atoms with van der Waals surface area (Å²) >= 11 is 0. The number of carboxylic acid groups (broad SMARTS) is 1. The molecule has 1 aliphatic carbocycles. The molecule has 1 amide bonds. The summed E-state index contributed by atoms with van der Waals surface area (Å²) in [5.74, 6) is -2.62. The Morgan fingerprint density at radius 1 is 1.17 bits per heavy atom. The van der Waals surface area contributed by atoms with Crippen molar-refractivity contribution in [2.45, 2.75) is 19.3 Å². The second-order valence-corrected chi connectivity index (χ2v) is 5.88. The molecule has 5 nitrogen and oxygen atoms in total. The molecule has 2 aromatic rings. The minimum Gasteiger partial charge on any atom is -0.550 e. The second-order valence-electron chi connectivity index (χ2n) is 5.88. The number of para-hydroxylation sites is 1. The largest absolute Gasteiger partial charge is 1.00 e. The van der Waals surface area contributed by atoms with Crippen LogP contribution in [0, 0.1) is 11.8 Å². The number of hydrogen-bond donors (Lipinski definition) is 2. The van der Waals surface area contributed by atoms with Crippen molar-refractivity contribution in [3.63, 3.8) is 0 Å². The summed E-state index contributed by atoms with van der Waals surface area (Å²) < 4.78 is 0. The standard InChI is InChI=1S/C18H20N2O3.Na/c21-17(14-6-1-2-7-15(14)18(22)23)19-10-9-12-11-20-16-8-4-3-5-13(12)16;/h1-5,8,11,14-15,20H,6-7,9-10H2,(H,19,21)(H,22,23);/q;+1/p-1/t14-,15+;/m0./s1. The number of aromatic amines is 1. The van der Waals surface area contributed by atoms with Gasteiger partial charge in [0.2, 0.25) is 5.91 Å². The number of carbonyl (C=O) groups is 2. The van der Waals surface area contributed by atoms with Gasteiger partial charge in [0, 0.05) is 41.4 Å². The molecule has 1 aromatic heterocycles. The number of allylic oxidation sites excluding steroid dienone is 2. The first-order chi connectivity index (χ1) is 11.2. The number of rotatable bonds is 5. The molecule has 1 aromatic carbocycles. The predicted molar refractivity (Wildman–Crippen MR) is 85.4 cm³/mol. The van der Waals surface area contributed by atoms with Crippen molar-refractivity contribution in [2.75, 3.05) is 6.54 Å². The van der Waals surface area contributed by atoms with E-state index in [-0.39, 0.29) is 35.5 Å². The Hall–Kier alpha value is -1.56. The van der Waals surface area contributed by atoms with E-state index in [2.05, 4.69) is 10.3 Å². The number of hydrogen-bond acceptors (Lipinski definition) is 3. The number of carboxylic acids is 1. The fourth-order valence-corrected chi connectivity index (χ4v) is 3.15. The first-order valence-corrected chi connectivity index (χ1v) is 7.85. The Morgan fingerprint density at radius 2 is 1.88 bits per heavy atom. The van der Waals surface area contributed by atoms with E-state index in [1.807, 2.05) is 36.5 Å². The van der Waals surface area contributed by atoms with Gasteiger partial charge in [-0.1, -0.05) is 30.4 Å². The average Bonchev–Trinajstić information content (AvgIpc) is 2.98. The van der Waals surface area contributed by atoms with Crippen LogP contribution >= 0.6 is 0 Å². The second kappa shape index (κ2) is 8.51. The molecule has 0 spiro atoms. The number of H-pyrrole nitrogens is 1. The van der Waals surface area contributed by atoms with E-state index in [1.54, 1.807) is 6.08 Å². The molecule has 120 valence electrons. The van der Waals surface area contributed by atoms with Gasteiger partial charge in [0.05, 0.1) is 0 Å². The molecule has 1 aliphatic rings. The third-order valence-corrected chi connectivity index (χ3v) is 4.44. The summed E-state index contributed by atoms with van der Waals surface area (Å²) in [5.41, 5.74) is 2.21. The number of fused-ring (bicyclic) bond motifs is 1. The fourth-order valence-electron chi connectivity index (χ4n) is 3.15. The molecule has 0 saturated heterocycles. The van der Waals surface area contributed by atoms with E-state index in [9.17, 15) is 14.7 Å². The zero-order valence-electron chi connectivity index (χ0n) is 13.7. The van der Waals surface area contributed by atoms with Crippen LogP contribution in [0.15, 0.2) is 42.6 Å². The smallest absolute Gasteiger partial charge is 0.550 e. The van der Waals surface area contributed by atoms with Crippen molar-refractivity contribution in [1.82, 2.24) is 10.3 Å². The Bertz CT molecular complexity index is 754. The van der Waals surface area contributed by atoms with Gasteiger partial charge in [-0.15, -0.1) is 0 Å². The molecule has 24 heavy (non-hydrogen) atoms. The normalized spacial score (nSPS) is 19.7. The number of aliphatic carboxylic acids is 1. The molecule has 0 unspecified atom stereocenters. The molecule has 0 aliphatic heterocycles. The van der Waals surface area contributed by atoms with E-state index in [0.717, 1.165) is 16.5 Å². The van der Waals surface area contributed by atoms with Crippen molar-refractivity contribution < 1.29 is 44.3 Å². The zero-order chi connectivity index (χ0) is 16.2. The van der Waals surface area contributed by atoms with Crippen LogP contribution < -0.4 is 40.0 Å². The average molecular weight is 334 g/mol. The van der Waals surface area contributed by atoms with E-state index >= 15 is 0 Å². The minimum absolute atomic E-state index is 0. The molecule has 0 saturated carbocycles. The van der Waals surface area contributed by atoms with Crippen molar-refractivity contribution in [3.05, 3.63) is 48.2 Å². The number of carbonyl (C=O) groups excluding carboxylic acids is 2. The van der Waals surface area contributed by atoms with Gasteiger partial charge in [0.25, 0.3) is 0 Å². The molecule has 3 rings (SSSR count). The van der Waals surface area contributed by atoms with E-state index in [1.165, 1.54) is 0 Å². The molecular formula is C18H19N2NaO3. The molecule has 6 heteroatoms. The summed E-state index contributed by atoms with van der Waals surface area (Å²) in [6, 6.07) is 8.01. The predicted octanol–water partition coefficient (Wildman–Crippen LogP) is -1.84. The summed E-state index contributed by atoms with van der Waals surface area (Å²) in [6.07, 6.45) is 7.14. The molecule has 0 fully saturated rings. The maximum atomic E-state index is 12.3. The van der Waals surface area contributed by atoms with Crippen molar-refractivity contribution in [2.24, 2.45) is 11.8 Å². The molecule has 1 heterocycles. The van der Waals surface area contributed by atoms with E-state index in [0.29, 0.717) is 25.8 Å². The van der Waals surface area contributed by atoms with Crippen molar-refractivity contribution in [1.29, 1.82) is 0 Å². The third-order valence-electron chi connectivity index (χ3n) is 4.44. The van der Waals surface area contributed by atoms with E-state index in [4.69, 9.17) is 0 Å². The molecular weight excluding hydrogens is 315 g/mol. The number of amides is 1. The molecule has 2 atom stereocenters. The number of nitrogens with one attached hydrogen (secondary N) is 2. The van der Waals surface area contributed by atoms with Crippen LogP contribution in [0.2, 0.25) is 0 Å². The van der Waals surface area contributed by atoms with Gasteiger partial charge in [-0.25, -0.2) is 0 Å². The van der Waals surface area contributed by atoms with Crippen LogP contribution in [-0.4, -0.2) is 23.4 Å². The minimum atomic E-state index is -1.15. The first kappa shape index (κ1) is 18.8. The first-order valence-electron chi connectivity index (χ1n) is 7.85. The zero-order valence-corrected chi connectivity index (χ0v) is 15.7. The van der Waals surface area contributed by atoms with Gasteiger partial charge < -0.3 is 20.2 Å². The monoisotopic (exact) mass is 334 g/mol. The summed E-state index contributed by atoms with van der Waals surface area (Å²) in [6.45, 7) is 0.487. The molecule has 0 radical (unpaired) electrons. The van der Waals surface area contributed by atoms with Crippen LogP contribution in [0.1, 0.15) is 18.4 Å². The Morgan fingerprint density at radius 3 is 2.62 bits per heavy atom. The Balaban J connectivity index is 0.00000208. The maximum Gasteiger partial charge on any atom is 1.00 e. The Kier molecular flexibility index (Phi) is 6.66. The molecule has 2 N–H and O–H groups in total. The van der Waals surface area contributed by atoms with Gasteiger partial charge in [-0.2, -0.15) is 0 Å². The SMILES string of the molecule is O=C(NCCc1c[nH]c2ccccc12)[C@H]1CC=CC[C@H]1C(=O)[O-].[Na+]. The summed E-state index contributed by atoms with van der Waals surface area (Å²) in [5, 5.41) is 15.2. The van der Waals surface area contributed by atoms with Crippen molar-refractivity contribution in [3.8, 4) is 0 Å². The van der Waals surface area contributed by atoms with E-state index < -0.39 is 17.8 Å². The topological polar surface area (TPSA) is 85.0 Å². The maximum absolute atomic E-state index is 12.3. The number of aromatic nitrogens is 1. The van der Waals surface area contributed by atoms with Gasteiger partial charge in [-0.3, -0.25) is 4.79 Å². The van der Waals surface area contributed by atoms with Crippen LogP contribution in [-0.2, 0) is 16.0 Å². The van der Waals surface area contributed by atoms with Gasteiger partial charge in [0.15, 0.2) is 0 Å². The van der Waals surface area contributed by atoms with Crippen molar-refractivity contribution >= 4 is 22.8 Å². The van der Waals surface area contributed by atoms with Crippen LogP contribution in [0.5, 0.6) is 0 Å². The third kappa shape index (κ3) is 4.09. The fraction of sp³-hybridized carbons (Fsp3) is 0.333. The van der Waals surface area contributed by atoms with Gasteiger partial charge in [-0.05, 0) is 30.9 Å². The number of benzene rings is 1. The summed E-state index contributed by atoms with van der Waals surface area (Å²) in [7, 11) is 0.